The highest BCUT2D eigenvalue weighted by Gasteiger charge is 2.12. The highest BCUT2D eigenvalue weighted by molar-refractivity contribution is 9.10. The molecular formula is C10H10BrN5O. The van der Waals surface area contributed by atoms with Crippen LogP contribution in [0.4, 0.5) is 11.6 Å². The maximum Gasteiger partial charge on any atom is 0.293 e. The van der Waals surface area contributed by atoms with Gasteiger partial charge in [0.2, 0.25) is 11.8 Å². The van der Waals surface area contributed by atoms with Crippen LogP contribution < -0.4 is 11.1 Å². The summed E-state index contributed by atoms with van der Waals surface area (Å²) in [7, 11) is 0. The van der Waals surface area contributed by atoms with Crippen molar-refractivity contribution in [2.75, 3.05) is 11.1 Å². The van der Waals surface area contributed by atoms with Crippen LogP contribution in [0.3, 0.4) is 0 Å². The van der Waals surface area contributed by atoms with Crippen molar-refractivity contribution < 1.29 is 4.79 Å². The van der Waals surface area contributed by atoms with Crippen molar-refractivity contribution in [3.63, 3.8) is 0 Å². The fourth-order valence-electron chi connectivity index (χ4n) is 1.29. The molecule has 0 aliphatic carbocycles. The number of benzene rings is 1. The van der Waals surface area contributed by atoms with Crippen LogP contribution in [0, 0.1) is 6.92 Å². The summed E-state index contributed by atoms with van der Waals surface area (Å²) in [6.45, 7) is 1.90. The maximum absolute atomic E-state index is 11.8. The van der Waals surface area contributed by atoms with Crippen molar-refractivity contribution in [1.82, 2.24) is 15.2 Å². The predicted molar refractivity (Wildman–Crippen MR) is 67.6 cm³/mol. The number of halogens is 1. The number of aryl methyl sites for hydroxylation is 1. The summed E-state index contributed by atoms with van der Waals surface area (Å²) < 4.78 is 0.885. The normalized spacial score (nSPS) is 10.2. The summed E-state index contributed by atoms with van der Waals surface area (Å²) in [6.07, 6.45) is 0. The number of amides is 1. The molecule has 0 bridgehead atoms. The SMILES string of the molecule is Cc1ccc(Br)cc1NC(=O)c1nc(N)n[nH]1. The van der Waals surface area contributed by atoms with E-state index >= 15 is 0 Å². The molecule has 0 fully saturated rings. The molecule has 1 aromatic carbocycles. The van der Waals surface area contributed by atoms with Crippen molar-refractivity contribution in [2.45, 2.75) is 6.92 Å². The van der Waals surface area contributed by atoms with Crippen LogP contribution in [0.2, 0.25) is 0 Å². The van der Waals surface area contributed by atoms with Gasteiger partial charge in [0.1, 0.15) is 0 Å². The summed E-state index contributed by atoms with van der Waals surface area (Å²) >= 11 is 3.34. The van der Waals surface area contributed by atoms with Gasteiger partial charge < -0.3 is 11.1 Å². The molecule has 88 valence electrons. The predicted octanol–water partition coefficient (Wildman–Crippen LogP) is 1.71. The maximum atomic E-state index is 11.8. The monoisotopic (exact) mass is 295 g/mol. The molecule has 0 atom stereocenters. The Bertz CT molecular complexity index is 566. The fraction of sp³-hybridized carbons (Fsp3) is 0.100. The number of nitrogens with two attached hydrogens (primary N) is 1. The lowest BCUT2D eigenvalue weighted by Crippen LogP contribution is -2.14. The molecule has 4 N–H and O–H groups in total. The van der Waals surface area contributed by atoms with Gasteiger partial charge in [0.15, 0.2) is 0 Å². The third kappa shape index (κ3) is 2.62. The van der Waals surface area contributed by atoms with E-state index in [-0.39, 0.29) is 17.7 Å². The Morgan fingerprint density at radius 2 is 2.29 bits per heavy atom. The number of carbonyl (C=O) groups excluding carboxylic acids is 1. The zero-order valence-electron chi connectivity index (χ0n) is 8.99. The van der Waals surface area contributed by atoms with Crippen LogP contribution in [0.5, 0.6) is 0 Å². The van der Waals surface area contributed by atoms with Gasteiger partial charge in [-0.1, -0.05) is 22.0 Å². The topological polar surface area (TPSA) is 96.7 Å². The highest BCUT2D eigenvalue weighted by Crippen LogP contribution is 2.20. The van der Waals surface area contributed by atoms with Crippen molar-refractivity contribution in [3.8, 4) is 0 Å². The molecule has 7 heteroatoms. The van der Waals surface area contributed by atoms with Gasteiger partial charge in [-0.2, -0.15) is 4.98 Å². The second kappa shape index (κ2) is 4.54. The second-order valence-electron chi connectivity index (χ2n) is 3.46. The zero-order chi connectivity index (χ0) is 12.4. The van der Waals surface area contributed by atoms with Gasteiger partial charge in [0, 0.05) is 10.2 Å². The molecule has 0 radical (unpaired) electrons. The Morgan fingerprint density at radius 3 is 2.94 bits per heavy atom. The van der Waals surface area contributed by atoms with Gasteiger partial charge in [0.05, 0.1) is 0 Å². The highest BCUT2D eigenvalue weighted by atomic mass is 79.9. The largest absolute Gasteiger partial charge is 0.366 e. The van der Waals surface area contributed by atoms with Gasteiger partial charge in [-0.05, 0) is 24.6 Å². The number of aromatic nitrogens is 3. The first-order valence-corrected chi connectivity index (χ1v) is 5.61. The number of hydrogen-bond acceptors (Lipinski definition) is 4. The molecule has 1 amide bonds. The molecule has 1 heterocycles. The van der Waals surface area contributed by atoms with Crippen molar-refractivity contribution in [3.05, 3.63) is 34.1 Å². The quantitative estimate of drug-likeness (QED) is 0.786. The lowest BCUT2D eigenvalue weighted by molar-refractivity contribution is 0.101. The Hall–Kier alpha value is -1.89. The molecule has 0 aliphatic heterocycles. The first kappa shape index (κ1) is 11.6. The van der Waals surface area contributed by atoms with Gasteiger partial charge >= 0.3 is 0 Å². The first-order valence-electron chi connectivity index (χ1n) is 4.81. The molecule has 0 unspecified atom stereocenters. The minimum absolute atomic E-state index is 0.0427. The number of carbonyl (C=O) groups is 1. The Kier molecular flexibility index (Phi) is 3.10. The van der Waals surface area contributed by atoms with Crippen LogP contribution in [0.1, 0.15) is 16.2 Å². The summed E-state index contributed by atoms with van der Waals surface area (Å²) in [5, 5.41) is 8.76. The van der Waals surface area contributed by atoms with Gasteiger partial charge in [-0.25, -0.2) is 0 Å². The van der Waals surface area contributed by atoms with Crippen molar-refractivity contribution in [2.24, 2.45) is 0 Å². The Balaban J connectivity index is 2.21. The van der Waals surface area contributed by atoms with E-state index < -0.39 is 0 Å². The minimum atomic E-state index is -0.379. The van der Waals surface area contributed by atoms with Gasteiger partial charge in [-0.15, -0.1) is 5.10 Å². The Morgan fingerprint density at radius 1 is 1.53 bits per heavy atom. The lowest BCUT2D eigenvalue weighted by atomic mass is 10.2. The molecule has 0 aliphatic rings. The molecule has 2 aromatic rings. The fourth-order valence-corrected chi connectivity index (χ4v) is 1.65. The molecule has 6 nitrogen and oxygen atoms in total. The average molecular weight is 296 g/mol. The van der Waals surface area contributed by atoms with E-state index in [0.29, 0.717) is 5.69 Å². The molecule has 0 saturated heterocycles. The van der Waals surface area contributed by atoms with E-state index in [0.717, 1.165) is 10.0 Å². The van der Waals surface area contributed by atoms with Crippen molar-refractivity contribution >= 4 is 33.5 Å². The number of anilines is 2. The average Bonchev–Trinajstić information content (AvgIpc) is 2.70. The van der Waals surface area contributed by atoms with E-state index in [4.69, 9.17) is 5.73 Å². The number of nitrogens with zero attached hydrogens (tertiary/aromatic N) is 2. The van der Waals surface area contributed by atoms with Gasteiger partial charge in [-0.3, -0.25) is 9.89 Å². The first-order chi connectivity index (χ1) is 8.06. The van der Waals surface area contributed by atoms with Crippen LogP contribution in [0.25, 0.3) is 0 Å². The number of nitrogens with one attached hydrogen (secondary N) is 2. The van der Waals surface area contributed by atoms with E-state index in [2.05, 4.69) is 36.4 Å². The number of rotatable bonds is 2. The number of H-pyrrole nitrogens is 1. The number of hydrogen-bond donors (Lipinski definition) is 3. The third-order valence-corrected chi connectivity index (χ3v) is 2.66. The molecule has 0 spiro atoms. The molecule has 17 heavy (non-hydrogen) atoms. The summed E-state index contributed by atoms with van der Waals surface area (Å²) in [4.78, 5) is 15.5. The smallest absolute Gasteiger partial charge is 0.293 e. The zero-order valence-corrected chi connectivity index (χ0v) is 10.6. The summed E-state index contributed by atoms with van der Waals surface area (Å²) in [5.41, 5.74) is 6.98. The van der Waals surface area contributed by atoms with Crippen LogP contribution in [-0.4, -0.2) is 21.1 Å². The summed E-state index contributed by atoms with van der Waals surface area (Å²) in [6, 6.07) is 5.61. The Labute approximate surface area is 106 Å². The van der Waals surface area contributed by atoms with Crippen LogP contribution in [0.15, 0.2) is 22.7 Å². The molecule has 1 aromatic heterocycles. The standard InChI is InChI=1S/C10H10BrN5O/c1-5-2-3-6(11)4-7(5)13-9(17)8-14-10(12)16-15-8/h2-4H,1H3,(H,13,17)(H3,12,14,15,16). The molecular weight excluding hydrogens is 286 g/mol. The lowest BCUT2D eigenvalue weighted by Gasteiger charge is -2.06. The number of nitrogen functional groups attached to an aromatic ring is 1. The van der Waals surface area contributed by atoms with Gasteiger partial charge in [0.25, 0.3) is 5.91 Å². The van der Waals surface area contributed by atoms with E-state index in [1.807, 2.05) is 25.1 Å². The van der Waals surface area contributed by atoms with E-state index in [1.54, 1.807) is 0 Å². The molecule has 0 saturated carbocycles. The van der Waals surface area contributed by atoms with Crippen LogP contribution in [-0.2, 0) is 0 Å². The minimum Gasteiger partial charge on any atom is -0.366 e. The number of aromatic amines is 1. The third-order valence-electron chi connectivity index (χ3n) is 2.17. The summed E-state index contributed by atoms with van der Waals surface area (Å²) in [5.74, 6) is -0.251. The van der Waals surface area contributed by atoms with Crippen molar-refractivity contribution in [1.29, 1.82) is 0 Å². The molecule has 2 rings (SSSR count). The van der Waals surface area contributed by atoms with E-state index in [1.165, 1.54) is 0 Å². The van der Waals surface area contributed by atoms with E-state index in [9.17, 15) is 4.79 Å². The van der Waals surface area contributed by atoms with Crippen LogP contribution >= 0.6 is 15.9 Å². The second-order valence-corrected chi connectivity index (χ2v) is 4.37.